The van der Waals surface area contributed by atoms with Gasteiger partial charge in [-0.2, -0.15) is 0 Å². The molecule has 4 rings (SSSR count). The zero-order valence-corrected chi connectivity index (χ0v) is 19.3. The number of rotatable bonds is 6. The van der Waals surface area contributed by atoms with Gasteiger partial charge < -0.3 is 10.2 Å². The highest BCUT2D eigenvalue weighted by molar-refractivity contribution is 6.33. The molecule has 3 aliphatic rings. The molecule has 170 valence electrons. The zero-order valence-electron chi connectivity index (χ0n) is 18.5. The molecule has 1 aromatic carbocycles. The molecule has 0 aromatic heterocycles. The second kappa shape index (κ2) is 10.8. The van der Waals surface area contributed by atoms with E-state index >= 15 is 0 Å². The summed E-state index contributed by atoms with van der Waals surface area (Å²) in [4.78, 5) is 30.4. The summed E-state index contributed by atoms with van der Waals surface area (Å²) in [5, 5.41) is 3.82. The van der Waals surface area contributed by atoms with Crippen LogP contribution in [-0.2, 0) is 4.79 Å². The smallest absolute Gasteiger partial charge is 0.255 e. The van der Waals surface area contributed by atoms with Crippen molar-refractivity contribution in [3.63, 3.8) is 0 Å². The van der Waals surface area contributed by atoms with Crippen LogP contribution in [0.3, 0.4) is 0 Å². The van der Waals surface area contributed by atoms with Gasteiger partial charge in [-0.05, 0) is 49.7 Å². The van der Waals surface area contributed by atoms with Crippen LogP contribution in [0.2, 0.25) is 5.02 Å². The van der Waals surface area contributed by atoms with Gasteiger partial charge in [-0.3, -0.25) is 14.5 Å². The number of carbonyl (C=O) groups is 2. The van der Waals surface area contributed by atoms with Crippen molar-refractivity contribution in [3.05, 3.63) is 34.9 Å². The standard InChI is InChI=1S/C25H36ClN3O2/c26-22-13-7-6-12-21(22)25(31)29-16-14-28(15-17-29)23(20-10-4-5-11-20)24(30)27-18-19-8-2-1-3-9-19/h6-7,12-13,19-20,23H,1-5,8-11,14-18H2,(H,27,30)/t23-/m0/s1. The summed E-state index contributed by atoms with van der Waals surface area (Å²) in [6.45, 7) is 3.60. The first-order chi connectivity index (χ1) is 15.1. The number of nitrogens with zero attached hydrogens (tertiary/aromatic N) is 2. The van der Waals surface area contributed by atoms with Gasteiger partial charge in [-0.25, -0.2) is 0 Å². The van der Waals surface area contributed by atoms with Crippen molar-refractivity contribution in [2.75, 3.05) is 32.7 Å². The summed E-state index contributed by atoms with van der Waals surface area (Å²) in [5.41, 5.74) is 0.565. The van der Waals surface area contributed by atoms with E-state index in [9.17, 15) is 9.59 Å². The molecule has 1 aromatic rings. The van der Waals surface area contributed by atoms with E-state index in [2.05, 4.69) is 10.2 Å². The van der Waals surface area contributed by atoms with Crippen LogP contribution in [-0.4, -0.2) is 60.4 Å². The zero-order chi connectivity index (χ0) is 21.6. The molecule has 0 radical (unpaired) electrons. The first-order valence-electron chi connectivity index (χ1n) is 12.2. The maximum Gasteiger partial charge on any atom is 0.255 e. The summed E-state index contributed by atoms with van der Waals surface area (Å²) in [6, 6.07) is 7.19. The van der Waals surface area contributed by atoms with E-state index < -0.39 is 0 Å². The summed E-state index contributed by atoms with van der Waals surface area (Å²) in [7, 11) is 0. The molecule has 31 heavy (non-hydrogen) atoms. The van der Waals surface area contributed by atoms with Crippen LogP contribution < -0.4 is 5.32 Å². The molecule has 1 N–H and O–H groups in total. The van der Waals surface area contributed by atoms with Crippen molar-refractivity contribution in [2.24, 2.45) is 11.8 Å². The summed E-state index contributed by atoms with van der Waals surface area (Å²) >= 11 is 6.23. The normalized spacial score (nSPS) is 22.4. The molecule has 2 aliphatic carbocycles. The van der Waals surface area contributed by atoms with Gasteiger partial charge >= 0.3 is 0 Å². The molecule has 0 unspecified atom stereocenters. The van der Waals surface area contributed by atoms with Gasteiger partial charge in [0, 0.05) is 32.7 Å². The Kier molecular flexibility index (Phi) is 7.89. The van der Waals surface area contributed by atoms with Crippen molar-refractivity contribution in [3.8, 4) is 0 Å². The molecule has 1 saturated heterocycles. The summed E-state index contributed by atoms with van der Waals surface area (Å²) in [6.07, 6.45) is 11.2. The van der Waals surface area contributed by atoms with Crippen molar-refractivity contribution < 1.29 is 9.59 Å². The Morgan fingerprint density at radius 3 is 2.26 bits per heavy atom. The van der Waals surface area contributed by atoms with Gasteiger partial charge in [0.1, 0.15) is 0 Å². The van der Waals surface area contributed by atoms with E-state index in [1.165, 1.54) is 44.9 Å². The minimum Gasteiger partial charge on any atom is -0.354 e. The third-order valence-corrected chi connectivity index (χ3v) is 7.83. The minimum atomic E-state index is -0.0522. The third kappa shape index (κ3) is 5.61. The number of hydrogen-bond acceptors (Lipinski definition) is 3. The molecular formula is C25H36ClN3O2. The van der Waals surface area contributed by atoms with Gasteiger partial charge in [0.05, 0.1) is 16.6 Å². The predicted molar refractivity (Wildman–Crippen MR) is 124 cm³/mol. The van der Waals surface area contributed by atoms with E-state index in [-0.39, 0.29) is 17.9 Å². The topological polar surface area (TPSA) is 52.7 Å². The van der Waals surface area contributed by atoms with Gasteiger partial charge in [-0.15, -0.1) is 0 Å². The molecule has 1 aliphatic heterocycles. The largest absolute Gasteiger partial charge is 0.354 e. The van der Waals surface area contributed by atoms with Crippen LogP contribution in [0.5, 0.6) is 0 Å². The second-order valence-electron chi connectivity index (χ2n) is 9.55. The number of piperazine rings is 1. The second-order valence-corrected chi connectivity index (χ2v) is 9.95. The molecule has 1 heterocycles. The predicted octanol–water partition coefficient (Wildman–Crippen LogP) is 4.35. The molecule has 2 saturated carbocycles. The van der Waals surface area contributed by atoms with Gasteiger partial charge in [0.2, 0.25) is 5.91 Å². The quantitative estimate of drug-likeness (QED) is 0.708. The SMILES string of the molecule is O=C(NCC1CCCCC1)[C@H](C1CCCC1)N1CCN(C(=O)c2ccccc2Cl)CC1. The van der Waals surface area contributed by atoms with Crippen LogP contribution >= 0.6 is 11.6 Å². The van der Waals surface area contributed by atoms with Crippen LogP contribution in [0.4, 0.5) is 0 Å². The van der Waals surface area contributed by atoms with Gasteiger partial charge in [0.15, 0.2) is 0 Å². The molecule has 1 atom stereocenters. The summed E-state index contributed by atoms with van der Waals surface area (Å²) < 4.78 is 0. The molecule has 6 heteroatoms. The molecule has 0 bridgehead atoms. The number of halogens is 1. The number of carbonyl (C=O) groups excluding carboxylic acids is 2. The number of benzene rings is 1. The minimum absolute atomic E-state index is 0.00980. The Balaban J connectivity index is 1.36. The Labute approximate surface area is 191 Å². The Morgan fingerprint density at radius 1 is 0.935 bits per heavy atom. The molecule has 5 nitrogen and oxygen atoms in total. The van der Waals surface area contributed by atoms with E-state index in [1.807, 2.05) is 17.0 Å². The fraction of sp³-hybridized carbons (Fsp3) is 0.680. The highest BCUT2D eigenvalue weighted by Crippen LogP contribution is 2.31. The number of amides is 2. The number of nitrogens with one attached hydrogen (secondary N) is 1. The van der Waals surface area contributed by atoms with Gasteiger partial charge in [-0.1, -0.05) is 55.8 Å². The van der Waals surface area contributed by atoms with Crippen molar-refractivity contribution in [1.82, 2.24) is 15.1 Å². The van der Waals surface area contributed by atoms with Crippen LogP contribution in [0.15, 0.2) is 24.3 Å². The Hall–Kier alpha value is -1.59. The molecular weight excluding hydrogens is 410 g/mol. The Morgan fingerprint density at radius 2 is 1.58 bits per heavy atom. The lowest BCUT2D eigenvalue weighted by atomic mass is 9.89. The van der Waals surface area contributed by atoms with E-state index in [0.717, 1.165) is 32.5 Å². The molecule has 0 spiro atoms. The lowest BCUT2D eigenvalue weighted by Gasteiger charge is -2.41. The highest BCUT2D eigenvalue weighted by Gasteiger charge is 2.37. The molecule has 3 fully saturated rings. The van der Waals surface area contributed by atoms with E-state index in [4.69, 9.17) is 11.6 Å². The van der Waals surface area contributed by atoms with Crippen LogP contribution in [0, 0.1) is 11.8 Å². The van der Waals surface area contributed by atoms with Gasteiger partial charge in [0.25, 0.3) is 5.91 Å². The average Bonchev–Trinajstić information content (AvgIpc) is 3.33. The fourth-order valence-corrected chi connectivity index (χ4v) is 5.92. The van der Waals surface area contributed by atoms with Crippen molar-refractivity contribution >= 4 is 23.4 Å². The highest BCUT2D eigenvalue weighted by atomic mass is 35.5. The van der Waals surface area contributed by atoms with E-state index in [1.54, 1.807) is 12.1 Å². The number of hydrogen-bond donors (Lipinski definition) is 1. The van der Waals surface area contributed by atoms with E-state index in [0.29, 0.717) is 35.5 Å². The van der Waals surface area contributed by atoms with Crippen LogP contribution in [0.1, 0.15) is 68.1 Å². The average molecular weight is 446 g/mol. The maximum absolute atomic E-state index is 13.3. The first-order valence-corrected chi connectivity index (χ1v) is 12.6. The third-order valence-electron chi connectivity index (χ3n) is 7.50. The van der Waals surface area contributed by atoms with Crippen LogP contribution in [0.25, 0.3) is 0 Å². The summed E-state index contributed by atoms with van der Waals surface area (Å²) in [5.74, 6) is 1.29. The fourth-order valence-electron chi connectivity index (χ4n) is 5.70. The molecule has 2 amide bonds. The lowest BCUT2D eigenvalue weighted by molar-refractivity contribution is -0.129. The maximum atomic E-state index is 13.3. The Bertz CT molecular complexity index is 751. The van der Waals surface area contributed by atoms with Crippen molar-refractivity contribution in [1.29, 1.82) is 0 Å². The first kappa shape index (κ1) is 22.6. The lowest BCUT2D eigenvalue weighted by Crippen LogP contribution is -2.58. The monoisotopic (exact) mass is 445 g/mol. The van der Waals surface area contributed by atoms with Crippen molar-refractivity contribution in [2.45, 2.75) is 63.8 Å².